The van der Waals surface area contributed by atoms with Crippen molar-refractivity contribution in [1.29, 1.82) is 0 Å². The van der Waals surface area contributed by atoms with Crippen molar-refractivity contribution in [2.75, 3.05) is 13.2 Å². The molecule has 0 amide bonds. The Balaban J connectivity index is 1.45. The highest BCUT2D eigenvalue weighted by Crippen LogP contribution is 2.33. The number of ether oxygens (including phenoxy) is 2. The second kappa shape index (κ2) is 7.61. The van der Waals surface area contributed by atoms with Crippen LogP contribution in [0.15, 0.2) is 52.1 Å². The number of sulfonamides is 1. The standard InChI is InChI=1S/C18H17NO5S3/c20-18(12-5-8-25-11-12)17-4-1-13(26-17)10-19-27(21,22)14-2-3-15-16(9-14)24-7-6-23-15/h1-5,8-9,11,18-20H,6-7,10H2. The van der Waals surface area contributed by atoms with Gasteiger partial charge < -0.3 is 14.6 Å². The molecular formula is C18H17NO5S3. The third kappa shape index (κ3) is 4.02. The molecule has 0 radical (unpaired) electrons. The Kier molecular flexibility index (Phi) is 5.20. The van der Waals surface area contributed by atoms with Gasteiger partial charge in [-0.15, -0.1) is 11.3 Å². The smallest absolute Gasteiger partial charge is 0.241 e. The van der Waals surface area contributed by atoms with Gasteiger partial charge in [-0.1, -0.05) is 0 Å². The Morgan fingerprint density at radius 2 is 1.93 bits per heavy atom. The summed E-state index contributed by atoms with van der Waals surface area (Å²) in [6.45, 7) is 1.00. The van der Waals surface area contributed by atoms with Gasteiger partial charge in [0.1, 0.15) is 19.3 Å². The summed E-state index contributed by atoms with van der Waals surface area (Å²) in [4.78, 5) is 1.73. The molecule has 1 unspecified atom stereocenters. The molecule has 0 saturated carbocycles. The van der Waals surface area contributed by atoms with Crippen LogP contribution in [0.3, 0.4) is 0 Å². The van der Waals surface area contributed by atoms with E-state index in [1.54, 1.807) is 6.07 Å². The molecule has 27 heavy (non-hydrogen) atoms. The van der Waals surface area contributed by atoms with Crippen LogP contribution in [0.25, 0.3) is 0 Å². The largest absolute Gasteiger partial charge is 0.486 e. The van der Waals surface area contributed by atoms with Crippen molar-refractivity contribution in [2.24, 2.45) is 0 Å². The molecule has 0 aliphatic carbocycles. The summed E-state index contributed by atoms with van der Waals surface area (Å²) in [6.07, 6.45) is -0.690. The number of rotatable bonds is 6. The number of aliphatic hydroxyl groups excluding tert-OH is 1. The number of fused-ring (bicyclic) bond motifs is 1. The van der Waals surface area contributed by atoms with Crippen molar-refractivity contribution in [1.82, 2.24) is 4.72 Å². The number of hydrogen-bond donors (Lipinski definition) is 2. The average Bonchev–Trinajstić information content (AvgIpc) is 3.37. The molecule has 0 spiro atoms. The monoisotopic (exact) mass is 423 g/mol. The molecule has 0 bridgehead atoms. The van der Waals surface area contributed by atoms with E-state index in [0.717, 1.165) is 15.3 Å². The fourth-order valence-electron chi connectivity index (χ4n) is 2.67. The van der Waals surface area contributed by atoms with Crippen molar-refractivity contribution < 1.29 is 23.0 Å². The molecular weight excluding hydrogens is 406 g/mol. The van der Waals surface area contributed by atoms with Crippen molar-refractivity contribution >= 4 is 32.7 Å². The quantitative estimate of drug-likeness (QED) is 0.636. The van der Waals surface area contributed by atoms with E-state index in [-0.39, 0.29) is 11.4 Å². The number of nitrogens with one attached hydrogen (secondary N) is 1. The first-order valence-electron chi connectivity index (χ1n) is 8.21. The van der Waals surface area contributed by atoms with E-state index in [1.807, 2.05) is 29.0 Å². The highest BCUT2D eigenvalue weighted by molar-refractivity contribution is 7.89. The van der Waals surface area contributed by atoms with Crippen LogP contribution in [-0.2, 0) is 16.6 Å². The van der Waals surface area contributed by atoms with E-state index in [4.69, 9.17) is 9.47 Å². The van der Waals surface area contributed by atoms with Gasteiger partial charge in [-0.05, 0) is 46.7 Å². The number of benzene rings is 1. The predicted octanol–water partition coefficient (Wildman–Crippen LogP) is 3.14. The fourth-order valence-corrected chi connectivity index (χ4v) is 5.43. The minimum atomic E-state index is -3.69. The molecule has 6 nitrogen and oxygen atoms in total. The SMILES string of the molecule is O=S(=O)(NCc1ccc(C(O)c2ccsc2)s1)c1ccc2c(c1)OCCO2. The average molecular weight is 424 g/mol. The lowest BCUT2D eigenvalue weighted by atomic mass is 10.2. The Morgan fingerprint density at radius 3 is 2.70 bits per heavy atom. The molecule has 9 heteroatoms. The zero-order chi connectivity index (χ0) is 18.9. The number of hydrogen-bond acceptors (Lipinski definition) is 7. The van der Waals surface area contributed by atoms with Crippen molar-refractivity contribution in [3.63, 3.8) is 0 Å². The van der Waals surface area contributed by atoms with E-state index in [2.05, 4.69) is 4.72 Å². The molecule has 1 aromatic carbocycles. The summed E-state index contributed by atoms with van der Waals surface area (Å²) in [5.41, 5.74) is 0.838. The highest BCUT2D eigenvalue weighted by Gasteiger charge is 2.20. The Bertz CT molecular complexity index is 1030. The molecule has 2 aromatic heterocycles. The van der Waals surface area contributed by atoms with Crippen LogP contribution in [0.1, 0.15) is 21.4 Å². The van der Waals surface area contributed by atoms with E-state index in [9.17, 15) is 13.5 Å². The molecule has 0 saturated heterocycles. The zero-order valence-corrected chi connectivity index (χ0v) is 16.6. The molecule has 1 atom stereocenters. The lowest BCUT2D eigenvalue weighted by molar-refractivity contribution is 0.171. The summed E-state index contributed by atoms with van der Waals surface area (Å²) < 4.78 is 38.6. The van der Waals surface area contributed by atoms with Crippen molar-refractivity contribution in [3.8, 4) is 11.5 Å². The number of aliphatic hydroxyl groups is 1. The van der Waals surface area contributed by atoms with Gasteiger partial charge in [0.25, 0.3) is 0 Å². The zero-order valence-electron chi connectivity index (χ0n) is 14.1. The summed E-state index contributed by atoms with van der Waals surface area (Å²) in [6, 6.07) is 10.1. The van der Waals surface area contributed by atoms with Crippen molar-refractivity contribution in [2.45, 2.75) is 17.5 Å². The fraction of sp³-hybridized carbons (Fsp3) is 0.222. The predicted molar refractivity (Wildman–Crippen MR) is 104 cm³/mol. The van der Waals surface area contributed by atoms with Crippen LogP contribution in [0.2, 0.25) is 0 Å². The van der Waals surface area contributed by atoms with E-state index in [1.165, 1.54) is 34.8 Å². The molecule has 0 fully saturated rings. The van der Waals surface area contributed by atoms with Gasteiger partial charge >= 0.3 is 0 Å². The van der Waals surface area contributed by atoms with E-state index >= 15 is 0 Å². The van der Waals surface area contributed by atoms with Crippen molar-refractivity contribution in [3.05, 3.63) is 62.5 Å². The second-order valence-corrected chi connectivity index (χ2v) is 9.64. The lowest BCUT2D eigenvalue weighted by Crippen LogP contribution is -2.23. The van der Waals surface area contributed by atoms with E-state index in [0.29, 0.717) is 24.7 Å². The van der Waals surface area contributed by atoms with Gasteiger partial charge in [0.2, 0.25) is 10.0 Å². The second-order valence-electron chi connectivity index (χ2n) is 5.89. The first kappa shape index (κ1) is 18.5. The summed E-state index contributed by atoms with van der Waals surface area (Å²) in [5, 5.41) is 14.2. The van der Waals surface area contributed by atoms with Gasteiger partial charge in [0.05, 0.1) is 4.90 Å². The Labute approximate surface area is 165 Å². The Morgan fingerprint density at radius 1 is 1.11 bits per heavy atom. The maximum Gasteiger partial charge on any atom is 0.241 e. The van der Waals surface area contributed by atoms with E-state index < -0.39 is 16.1 Å². The normalized spacial score (nSPS) is 14.9. The Hall–Kier alpha value is -1.91. The van der Waals surface area contributed by atoms with Crippen LogP contribution >= 0.6 is 22.7 Å². The van der Waals surface area contributed by atoms with Gasteiger partial charge in [-0.3, -0.25) is 0 Å². The van der Waals surface area contributed by atoms with Gasteiger partial charge in [0, 0.05) is 22.4 Å². The minimum absolute atomic E-state index is 0.127. The molecule has 3 heterocycles. The third-order valence-corrected chi connectivity index (χ3v) is 7.31. The first-order chi connectivity index (χ1) is 13.0. The highest BCUT2D eigenvalue weighted by atomic mass is 32.2. The van der Waals surface area contributed by atoms with Gasteiger partial charge in [0.15, 0.2) is 11.5 Å². The third-order valence-electron chi connectivity index (χ3n) is 4.07. The van der Waals surface area contributed by atoms with Crippen LogP contribution < -0.4 is 14.2 Å². The van der Waals surface area contributed by atoms with Crippen LogP contribution in [0.5, 0.6) is 11.5 Å². The maximum atomic E-state index is 12.6. The van der Waals surface area contributed by atoms with Crippen LogP contribution in [-0.4, -0.2) is 26.7 Å². The molecule has 3 aromatic rings. The molecule has 1 aliphatic rings. The minimum Gasteiger partial charge on any atom is -0.486 e. The summed E-state index contributed by atoms with van der Waals surface area (Å²) in [7, 11) is -3.69. The molecule has 4 rings (SSSR count). The molecule has 142 valence electrons. The first-order valence-corrected chi connectivity index (χ1v) is 11.5. The maximum absolute atomic E-state index is 12.6. The lowest BCUT2D eigenvalue weighted by Gasteiger charge is -2.18. The van der Waals surface area contributed by atoms with Crippen LogP contribution in [0.4, 0.5) is 0 Å². The molecule has 2 N–H and O–H groups in total. The summed E-state index contributed by atoms with van der Waals surface area (Å²) in [5.74, 6) is 0.979. The molecule has 1 aliphatic heterocycles. The summed E-state index contributed by atoms with van der Waals surface area (Å²) >= 11 is 2.91. The van der Waals surface area contributed by atoms with Gasteiger partial charge in [-0.25, -0.2) is 13.1 Å². The number of thiophene rings is 2. The van der Waals surface area contributed by atoms with Crippen LogP contribution in [0, 0.1) is 0 Å². The van der Waals surface area contributed by atoms with Gasteiger partial charge in [-0.2, -0.15) is 11.3 Å². The topological polar surface area (TPSA) is 84.9 Å².